The summed E-state index contributed by atoms with van der Waals surface area (Å²) in [5.41, 5.74) is 1.72. The fourth-order valence-electron chi connectivity index (χ4n) is 2.03. The highest BCUT2D eigenvalue weighted by Crippen LogP contribution is 2.20. The van der Waals surface area contributed by atoms with Gasteiger partial charge in [-0.1, -0.05) is 11.6 Å². The van der Waals surface area contributed by atoms with Crippen LogP contribution in [0, 0.1) is 0 Å². The molecule has 0 radical (unpaired) electrons. The van der Waals surface area contributed by atoms with Crippen LogP contribution in [-0.4, -0.2) is 21.8 Å². The van der Waals surface area contributed by atoms with Gasteiger partial charge in [0.05, 0.1) is 12.8 Å². The van der Waals surface area contributed by atoms with E-state index in [9.17, 15) is 0 Å². The van der Waals surface area contributed by atoms with Gasteiger partial charge in [-0.2, -0.15) is 10.1 Å². The number of nitrogens with zero attached hydrogens (tertiary/aromatic N) is 3. The van der Waals surface area contributed by atoms with Gasteiger partial charge in [0, 0.05) is 16.4 Å². The first kappa shape index (κ1) is 16.0. The number of hydrogen-bond acceptors (Lipinski definition) is 6. The van der Waals surface area contributed by atoms with Gasteiger partial charge in [0.2, 0.25) is 5.95 Å². The Bertz CT molecular complexity index is 793. The van der Waals surface area contributed by atoms with Crippen LogP contribution in [0.15, 0.2) is 54.7 Å². The van der Waals surface area contributed by atoms with E-state index in [0.717, 1.165) is 17.1 Å². The number of benzene rings is 2. The molecule has 2 aromatic carbocycles. The molecule has 0 aliphatic carbocycles. The second-order valence-electron chi connectivity index (χ2n) is 4.88. The highest BCUT2D eigenvalue weighted by Gasteiger charge is 2.03. The van der Waals surface area contributed by atoms with E-state index in [1.54, 1.807) is 18.3 Å². The maximum Gasteiger partial charge on any atom is 0.249 e. The van der Waals surface area contributed by atoms with Gasteiger partial charge in [0.15, 0.2) is 5.82 Å². The van der Waals surface area contributed by atoms with Crippen molar-refractivity contribution in [2.24, 2.45) is 0 Å². The fraction of sp³-hybridized carbons (Fsp3) is 0.118. The topological polar surface area (TPSA) is 72.0 Å². The van der Waals surface area contributed by atoms with Crippen LogP contribution in [0.1, 0.15) is 6.92 Å². The lowest BCUT2D eigenvalue weighted by Gasteiger charge is -2.08. The van der Waals surface area contributed by atoms with Gasteiger partial charge in [-0.15, -0.1) is 5.10 Å². The predicted octanol–water partition coefficient (Wildman–Crippen LogP) is 4.41. The molecule has 24 heavy (non-hydrogen) atoms. The normalized spacial score (nSPS) is 10.2. The fourth-order valence-corrected chi connectivity index (χ4v) is 2.15. The quantitative estimate of drug-likeness (QED) is 0.692. The third kappa shape index (κ3) is 4.33. The second-order valence-corrected chi connectivity index (χ2v) is 5.32. The lowest BCUT2D eigenvalue weighted by Crippen LogP contribution is -2.02. The minimum Gasteiger partial charge on any atom is -0.494 e. The van der Waals surface area contributed by atoms with Crippen LogP contribution in [-0.2, 0) is 0 Å². The summed E-state index contributed by atoms with van der Waals surface area (Å²) in [6.45, 7) is 2.59. The maximum atomic E-state index is 5.88. The van der Waals surface area contributed by atoms with E-state index < -0.39 is 0 Å². The molecule has 7 heteroatoms. The van der Waals surface area contributed by atoms with Crippen LogP contribution in [0.3, 0.4) is 0 Å². The molecule has 3 aromatic rings. The summed E-state index contributed by atoms with van der Waals surface area (Å²) in [6.07, 6.45) is 1.55. The molecular weight excluding hydrogens is 326 g/mol. The molecule has 0 spiro atoms. The van der Waals surface area contributed by atoms with Gasteiger partial charge in [0.1, 0.15) is 5.75 Å². The smallest absolute Gasteiger partial charge is 0.249 e. The number of hydrogen-bond donors (Lipinski definition) is 2. The molecule has 0 saturated carbocycles. The summed E-state index contributed by atoms with van der Waals surface area (Å²) in [6, 6.07) is 14.9. The van der Waals surface area contributed by atoms with E-state index in [2.05, 4.69) is 25.8 Å². The van der Waals surface area contributed by atoms with E-state index in [0.29, 0.717) is 23.4 Å². The Kier molecular flexibility index (Phi) is 5.08. The van der Waals surface area contributed by atoms with Crippen molar-refractivity contribution < 1.29 is 4.74 Å². The molecule has 0 aliphatic rings. The van der Waals surface area contributed by atoms with Crippen molar-refractivity contribution in [1.82, 2.24) is 15.2 Å². The number of nitrogens with one attached hydrogen (secondary N) is 2. The molecule has 1 heterocycles. The second kappa shape index (κ2) is 7.61. The monoisotopic (exact) mass is 341 g/mol. The largest absolute Gasteiger partial charge is 0.494 e. The number of rotatable bonds is 6. The van der Waals surface area contributed by atoms with Crippen LogP contribution in [0.2, 0.25) is 5.02 Å². The minimum absolute atomic E-state index is 0.401. The molecule has 122 valence electrons. The Morgan fingerprint density at radius 2 is 1.62 bits per heavy atom. The Morgan fingerprint density at radius 1 is 0.958 bits per heavy atom. The first-order chi connectivity index (χ1) is 11.7. The van der Waals surface area contributed by atoms with Gasteiger partial charge in [-0.25, -0.2) is 0 Å². The molecular formula is C17H16ClN5O. The lowest BCUT2D eigenvalue weighted by molar-refractivity contribution is 0.340. The molecule has 0 aliphatic heterocycles. The SMILES string of the molecule is CCOc1ccc(Nc2nncc(Nc3ccc(Cl)cc3)n2)cc1. The van der Waals surface area contributed by atoms with Crippen LogP contribution < -0.4 is 15.4 Å². The summed E-state index contributed by atoms with van der Waals surface area (Å²) in [5.74, 6) is 1.80. The summed E-state index contributed by atoms with van der Waals surface area (Å²) < 4.78 is 5.41. The van der Waals surface area contributed by atoms with Crippen LogP contribution in [0.5, 0.6) is 5.75 Å². The minimum atomic E-state index is 0.401. The molecule has 0 atom stereocenters. The average molecular weight is 342 g/mol. The van der Waals surface area contributed by atoms with Crippen LogP contribution >= 0.6 is 11.6 Å². The van der Waals surface area contributed by atoms with Crippen molar-refractivity contribution in [2.45, 2.75) is 6.92 Å². The number of anilines is 4. The third-order valence-electron chi connectivity index (χ3n) is 3.10. The van der Waals surface area contributed by atoms with Gasteiger partial charge >= 0.3 is 0 Å². The van der Waals surface area contributed by atoms with E-state index >= 15 is 0 Å². The summed E-state index contributed by atoms with van der Waals surface area (Å²) in [4.78, 5) is 4.38. The lowest BCUT2D eigenvalue weighted by atomic mass is 10.3. The van der Waals surface area contributed by atoms with Crippen molar-refractivity contribution in [1.29, 1.82) is 0 Å². The molecule has 1 aromatic heterocycles. The van der Waals surface area contributed by atoms with Crippen molar-refractivity contribution >= 4 is 34.7 Å². The highest BCUT2D eigenvalue weighted by molar-refractivity contribution is 6.30. The van der Waals surface area contributed by atoms with Gasteiger partial charge in [0.25, 0.3) is 0 Å². The Hall–Kier alpha value is -2.86. The zero-order chi connectivity index (χ0) is 16.8. The molecule has 0 bridgehead atoms. The standard InChI is InChI=1S/C17H16ClN5O/c1-2-24-15-9-7-14(8-10-15)21-17-22-16(11-19-23-17)20-13-5-3-12(18)4-6-13/h3-11H,2H2,1H3,(H2,20,21,22,23). The molecule has 3 rings (SSSR count). The average Bonchev–Trinajstić information content (AvgIpc) is 2.59. The number of aromatic nitrogens is 3. The van der Waals surface area contributed by atoms with E-state index in [1.165, 1.54) is 0 Å². The first-order valence-corrected chi connectivity index (χ1v) is 7.83. The van der Waals surface area contributed by atoms with Crippen molar-refractivity contribution in [2.75, 3.05) is 17.2 Å². The molecule has 0 amide bonds. The van der Waals surface area contributed by atoms with Crippen molar-refractivity contribution in [3.8, 4) is 5.75 Å². The van der Waals surface area contributed by atoms with Gasteiger partial charge in [-0.05, 0) is 55.5 Å². The zero-order valence-corrected chi connectivity index (χ0v) is 13.8. The van der Waals surface area contributed by atoms with Gasteiger partial charge in [-0.3, -0.25) is 0 Å². The highest BCUT2D eigenvalue weighted by atomic mass is 35.5. The number of ether oxygens (including phenoxy) is 1. The van der Waals surface area contributed by atoms with E-state index in [-0.39, 0.29) is 0 Å². The Balaban J connectivity index is 1.69. The summed E-state index contributed by atoms with van der Waals surface area (Å²) >= 11 is 5.88. The van der Waals surface area contributed by atoms with Crippen LogP contribution in [0.4, 0.5) is 23.1 Å². The van der Waals surface area contributed by atoms with Crippen molar-refractivity contribution in [3.63, 3.8) is 0 Å². The summed E-state index contributed by atoms with van der Waals surface area (Å²) in [5, 5.41) is 14.9. The third-order valence-corrected chi connectivity index (χ3v) is 3.35. The molecule has 2 N–H and O–H groups in total. The Morgan fingerprint density at radius 3 is 2.33 bits per heavy atom. The predicted molar refractivity (Wildman–Crippen MR) is 95.5 cm³/mol. The number of halogens is 1. The molecule has 0 unspecified atom stereocenters. The van der Waals surface area contributed by atoms with E-state index in [1.807, 2.05) is 43.3 Å². The molecule has 6 nitrogen and oxygen atoms in total. The molecule has 0 fully saturated rings. The summed E-state index contributed by atoms with van der Waals surface area (Å²) in [7, 11) is 0. The molecule has 0 saturated heterocycles. The zero-order valence-electron chi connectivity index (χ0n) is 13.0. The Labute approximate surface area is 144 Å². The van der Waals surface area contributed by atoms with Gasteiger partial charge < -0.3 is 15.4 Å². The van der Waals surface area contributed by atoms with Crippen molar-refractivity contribution in [3.05, 3.63) is 59.8 Å². The maximum absolute atomic E-state index is 5.88. The van der Waals surface area contributed by atoms with Crippen LogP contribution in [0.25, 0.3) is 0 Å². The van der Waals surface area contributed by atoms with E-state index in [4.69, 9.17) is 16.3 Å². The first-order valence-electron chi connectivity index (χ1n) is 7.45.